The molecule has 0 bridgehead atoms. The SMILES string of the molecule is COC(=O)c1cc(CNC(=O)CCCc2c[nH]c3ccccc23)ccc1OC. The number of carbonyl (C=O) groups excluding carboxylic acids is 2. The van der Waals surface area contributed by atoms with Gasteiger partial charge in [-0.3, -0.25) is 4.79 Å². The molecule has 0 saturated heterocycles. The molecule has 0 spiro atoms. The smallest absolute Gasteiger partial charge is 0.341 e. The number of rotatable bonds is 8. The maximum atomic E-state index is 12.2. The molecule has 3 rings (SSSR count). The minimum Gasteiger partial charge on any atom is -0.496 e. The lowest BCUT2D eigenvalue weighted by atomic mass is 10.1. The zero-order valence-electron chi connectivity index (χ0n) is 16.1. The summed E-state index contributed by atoms with van der Waals surface area (Å²) >= 11 is 0. The number of methoxy groups -OCH3 is 2. The molecule has 3 aromatic rings. The molecule has 0 aliphatic heterocycles. The second-order valence-corrected chi connectivity index (χ2v) is 6.52. The first-order valence-corrected chi connectivity index (χ1v) is 9.19. The first-order valence-electron chi connectivity index (χ1n) is 9.19. The van der Waals surface area contributed by atoms with Crippen molar-refractivity contribution in [1.82, 2.24) is 10.3 Å². The van der Waals surface area contributed by atoms with Gasteiger partial charge in [-0.05, 0) is 42.2 Å². The van der Waals surface area contributed by atoms with Crippen LogP contribution in [0.5, 0.6) is 5.75 Å². The lowest BCUT2D eigenvalue weighted by molar-refractivity contribution is -0.121. The Kier molecular flexibility index (Phi) is 6.32. The minimum absolute atomic E-state index is 0.0183. The van der Waals surface area contributed by atoms with E-state index in [1.165, 1.54) is 25.2 Å². The Hall–Kier alpha value is -3.28. The van der Waals surface area contributed by atoms with E-state index < -0.39 is 5.97 Å². The van der Waals surface area contributed by atoms with E-state index in [-0.39, 0.29) is 5.91 Å². The molecule has 1 aromatic heterocycles. The Balaban J connectivity index is 1.51. The molecule has 2 aromatic carbocycles. The van der Waals surface area contributed by atoms with E-state index in [2.05, 4.69) is 16.4 Å². The monoisotopic (exact) mass is 380 g/mol. The van der Waals surface area contributed by atoms with Crippen LogP contribution in [0.1, 0.15) is 34.3 Å². The highest BCUT2D eigenvalue weighted by atomic mass is 16.5. The van der Waals surface area contributed by atoms with E-state index in [4.69, 9.17) is 9.47 Å². The van der Waals surface area contributed by atoms with Crippen molar-refractivity contribution in [3.8, 4) is 5.75 Å². The Morgan fingerprint density at radius 1 is 1.11 bits per heavy atom. The highest BCUT2D eigenvalue weighted by Gasteiger charge is 2.14. The Labute approximate surface area is 163 Å². The minimum atomic E-state index is -0.469. The van der Waals surface area contributed by atoms with Crippen LogP contribution in [-0.2, 0) is 22.5 Å². The van der Waals surface area contributed by atoms with Crippen LogP contribution in [0, 0.1) is 0 Å². The summed E-state index contributed by atoms with van der Waals surface area (Å²) in [6.07, 6.45) is 4.06. The third-order valence-corrected chi connectivity index (χ3v) is 4.68. The topological polar surface area (TPSA) is 80.4 Å². The fourth-order valence-corrected chi connectivity index (χ4v) is 3.20. The van der Waals surface area contributed by atoms with Crippen LogP contribution >= 0.6 is 0 Å². The van der Waals surface area contributed by atoms with E-state index in [1.54, 1.807) is 12.1 Å². The summed E-state index contributed by atoms with van der Waals surface area (Å²) < 4.78 is 9.95. The standard InChI is InChI=1S/C22H24N2O4/c1-27-20-11-10-15(12-18(20)22(26)28-2)13-24-21(25)9-5-6-16-14-23-19-8-4-3-7-17(16)19/h3-4,7-8,10-12,14,23H,5-6,9,13H2,1-2H3,(H,24,25). The predicted octanol–water partition coefficient (Wildman–Crippen LogP) is 3.60. The van der Waals surface area contributed by atoms with E-state index in [1.807, 2.05) is 30.5 Å². The number of fused-ring (bicyclic) bond motifs is 1. The number of aromatic nitrogens is 1. The number of benzene rings is 2. The van der Waals surface area contributed by atoms with E-state index in [9.17, 15) is 9.59 Å². The average molecular weight is 380 g/mol. The van der Waals surface area contributed by atoms with E-state index >= 15 is 0 Å². The molecule has 0 atom stereocenters. The molecule has 2 N–H and O–H groups in total. The molecular formula is C22H24N2O4. The maximum absolute atomic E-state index is 12.2. The Morgan fingerprint density at radius 3 is 2.71 bits per heavy atom. The molecule has 6 nitrogen and oxygen atoms in total. The third-order valence-electron chi connectivity index (χ3n) is 4.68. The fraction of sp³-hybridized carbons (Fsp3) is 0.273. The van der Waals surface area contributed by atoms with Crippen molar-refractivity contribution >= 4 is 22.8 Å². The van der Waals surface area contributed by atoms with Crippen LogP contribution in [0.4, 0.5) is 0 Å². The summed E-state index contributed by atoms with van der Waals surface area (Å²) in [6, 6.07) is 13.3. The number of hydrogen-bond donors (Lipinski definition) is 2. The summed E-state index contributed by atoms with van der Waals surface area (Å²) in [5.41, 5.74) is 3.49. The zero-order chi connectivity index (χ0) is 19.9. The maximum Gasteiger partial charge on any atom is 0.341 e. The molecule has 0 saturated carbocycles. The van der Waals surface area contributed by atoms with Crippen molar-refractivity contribution in [3.63, 3.8) is 0 Å². The number of carbonyl (C=O) groups is 2. The molecule has 1 amide bonds. The summed E-state index contributed by atoms with van der Waals surface area (Å²) in [7, 11) is 2.82. The van der Waals surface area contributed by atoms with Gasteiger partial charge in [0.15, 0.2) is 0 Å². The molecule has 28 heavy (non-hydrogen) atoms. The molecule has 1 heterocycles. The second kappa shape index (κ2) is 9.08. The number of para-hydroxylation sites is 1. The summed E-state index contributed by atoms with van der Waals surface area (Å²) in [5, 5.41) is 4.10. The van der Waals surface area contributed by atoms with Crippen molar-refractivity contribution in [2.45, 2.75) is 25.8 Å². The summed E-state index contributed by atoms with van der Waals surface area (Å²) in [5.74, 6) is -0.0420. The summed E-state index contributed by atoms with van der Waals surface area (Å²) in [4.78, 5) is 27.3. The molecule has 0 aliphatic carbocycles. The zero-order valence-corrected chi connectivity index (χ0v) is 16.1. The van der Waals surface area contributed by atoms with Crippen LogP contribution < -0.4 is 10.1 Å². The van der Waals surface area contributed by atoms with Gasteiger partial charge in [-0.1, -0.05) is 24.3 Å². The molecular weight excluding hydrogens is 356 g/mol. The van der Waals surface area contributed by atoms with Gasteiger partial charge in [-0.25, -0.2) is 4.79 Å². The predicted molar refractivity (Wildman–Crippen MR) is 107 cm³/mol. The first-order chi connectivity index (χ1) is 13.6. The number of H-pyrrole nitrogens is 1. The fourth-order valence-electron chi connectivity index (χ4n) is 3.20. The molecule has 146 valence electrons. The van der Waals surface area contributed by atoms with Crippen molar-refractivity contribution in [3.05, 3.63) is 65.4 Å². The van der Waals surface area contributed by atoms with Crippen LogP contribution in [-0.4, -0.2) is 31.1 Å². The Bertz CT molecular complexity index is 978. The van der Waals surface area contributed by atoms with Crippen molar-refractivity contribution < 1.29 is 19.1 Å². The van der Waals surface area contributed by atoms with Crippen molar-refractivity contribution in [2.75, 3.05) is 14.2 Å². The second-order valence-electron chi connectivity index (χ2n) is 6.52. The number of aromatic amines is 1. The normalized spacial score (nSPS) is 10.6. The van der Waals surface area contributed by atoms with Gasteiger partial charge in [0, 0.05) is 30.1 Å². The number of amides is 1. The number of aryl methyl sites for hydroxylation is 1. The van der Waals surface area contributed by atoms with Crippen LogP contribution in [0.25, 0.3) is 10.9 Å². The van der Waals surface area contributed by atoms with E-state index in [0.717, 1.165) is 23.9 Å². The lowest BCUT2D eigenvalue weighted by Gasteiger charge is -2.10. The van der Waals surface area contributed by atoms with Gasteiger partial charge in [-0.2, -0.15) is 0 Å². The molecule has 0 unspecified atom stereocenters. The van der Waals surface area contributed by atoms with Gasteiger partial charge >= 0.3 is 5.97 Å². The lowest BCUT2D eigenvalue weighted by Crippen LogP contribution is -2.22. The van der Waals surface area contributed by atoms with Gasteiger partial charge in [0.1, 0.15) is 11.3 Å². The number of hydrogen-bond acceptors (Lipinski definition) is 4. The van der Waals surface area contributed by atoms with Gasteiger partial charge in [0.2, 0.25) is 5.91 Å². The number of nitrogens with one attached hydrogen (secondary N) is 2. The van der Waals surface area contributed by atoms with Gasteiger partial charge in [0.25, 0.3) is 0 Å². The molecule has 0 fully saturated rings. The summed E-state index contributed by atoms with van der Waals surface area (Å²) in [6.45, 7) is 0.347. The molecule has 0 radical (unpaired) electrons. The van der Waals surface area contributed by atoms with E-state index in [0.29, 0.717) is 24.3 Å². The van der Waals surface area contributed by atoms with Gasteiger partial charge in [-0.15, -0.1) is 0 Å². The Morgan fingerprint density at radius 2 is 1.93 bits per heavy atom. The van der Waals surface area contributed by atoms with Gasteiger partial charge < -0.3 is 19.8 Å². The highest BCUT2D eigenvalue weighted by Crippen LogP contribution is 2.21. The number of esters is 1. The quantitative estimate of drug-likeness (QED) is 0.585. The van der Waals surface area contributed by atoms with Crippen LogP contribution in [0.15, 0.2) is 48.7 Å². The average Bonchev–Trinajstić information content (AvgIpc) is 3.14. The largest absolute Gasteiger partial charge is 0.496 e. The van der Waals surface area contributed by atoms with Crippen molar-refractivity contribution in [1.29, 1.82) is 0 Å². The van der Waals surface area contributed by atoms with Crippen LogP contribution in [0.2, 0.25) is 0 Å². The van der Waals surface area contributed by atoms with Crippen molar-refractivity contribution in [2.24, 2.45) is 0 Å². The molecule has 0 aliphatic rings. The first kappa shape index (κ1) is 19.5. The third kappa shape index (κ3) is 4.52. The molecule has 6 heteroatoms. The highest BCUT2D eigenvalue weighted by molar-refractivity contribution is 5.92. The number of ether oxygens (including phenoxy) is 2. The van der Waals surface area contributed by atoms with Gasteiger partial charge in [0.05, 0.1) is 14.2 Å². The van der Waals surface area contributed by atoms with Crippen LogP contribution in [0.3, 0.4) is 0 Å².